The molecule has 1 aliphatic heterocycles. The highest BCUT2D eigenvalue weighted by Crippen LogP contribution is 2.71. The molecule has 8 heteroatoms. The van der Waals surface area contributed by atoms with Gasteiger partial charge in [-0.25, -0.2) is 0 Å². The maximum atomic E-state index is 13.5. The second-order valence-electron chi connectivity index (χ2n) is 9.18. The topological polar surface area (TPSA) is 95.5 Å². The predicted molar refractivity (Wildman–Crippen MR) is 136 cm³/mol. The fourth-order valence-corrected chi connectivity index (χ4v) is 6.31. The molecule has 1 heterocycles. The summed E-state index contributed by atoms with van der Waals surface area (Å²) in [5.41, 5.74) is -0.801. The van der Waals surface area contributed by atoms with Crippen LogP contribution in [0.15, 0.2) is 66.7 Å². The molecule has 2 aliphatic rings. The Balaban J connectivity index is 1.91. The Kier molecular flexibility index (Phi) is 6.25. The van der Waals surface area contributed by atoms with Crippen molar-refractivity contribution >= 4 is 5.91 Å². The molecule has 37 heavy (non-hydrogen) atoms. The average Bonchev–Trinajstić information content (AvgIpc) is 3.37. The van der Waals surface area contributed by atoms with Crippen molar-refractivity contribution < 1.29 is 33.6 Å². The Labute approximate surface area is 216 Å². The lowest BCUT2D eigenvalue weighted by Gasteiger charge is -2.43. The summed E-state index contributed by atoms with van der Waals surface area (Å²) in [6.45, 7) is 0. The Morgan fingerprint density at radius 3 is 2.16 bits per heavy atom. The normalized spacial score (nSPS) is 27.6. The van der Waals surface area contributed by atoms with E-state index in [1.165, 1.54) is 14.2 Å². The van der Waals surface area contributed by atoms with Crippen molar-refractivity contribution in [3.05, 3.63) is 83.4 Å². The third-order valence-corrected chi connectivity index (χ3v) is 7.79. The first kappa shape index (κ1) is 24.9. The van der Waals surface area contributed by atoms with Gasteiger partial charge < -0.3 is 34.1 Å². The fourth-order valence-electron chi connectivity index (χ4n) is 6.31. The molecule has 8 nitrogen and oxygen atoms in total. The van der Waals surface area contributed by atoms with E-state index in [0.717, 1.165) is 5.56 Å². The summed E-state index contributed by atoms with van der Waals surface area (Å²) in [6.07, 6.45) is -1.30. The van der Waals surface area contributed by atoms with Gasteiger partial charge >= 0.3 is 0 Å². The molecule has 0 radical (unpaired) electrons. The Morgan fingerprint density at radius 2 is 1.59 bits per heavy atom. The smallest absolute Gasteiger partial charge is 0.226 e. The maximum Gasteiger partial charge on any atom is 0.226 e. The van der Waals surface area contributed by atoms with Gasteiger partial charge in [0, 0.05) is 32.2 Å². The second-order valence-corrected chi connectivity index (χ2v) is 9.18. The first-order chi connectivity index (χ1) is 17.9. The minimum Gasteiger partial charge on any atom is -0.497 e. The number of nitrogens with one attached hydrogen (secondary N) is 1. The van der Waals surface area contributed by atoms with E-state index >= 15 is 0 Å². The molecular weight excluding hydrogens is 474 g/mol. The van der Waals surface area contributed by atoms with Gasteiger partial charge in [0.2, 0.25) is 5.91 Å². The summed E-state index contributed by atoms with van der Waals surface area (Å²) in [4.78, 5) is 13.5. The molecule has 0 aromatic heterocycles. The Hall–Kier alpha value is -3.75. The number of aliphatic hydroxyl groups is 1. The number of aliphatic hydroxyl groups excluding tert-OH is 1. The van der Waals surface area contributed by atoms with E-state index in [1.807, 2.05) is 54.6 Å². The van der Waals surface area contributed by atoms with Crippen molar-refractivity contribution in [3.63, 3.8) is 0 Å². The molecule has 5 rings (SSSR count). The van der Waals surface area contributed by atoms with Gasteiger partial charge in [-0.2, -0.15) is 0 Å². The number of rotatable bonds is 7. The SMILES string of the molecule is CNC(=O)[C@H]1[C@@H](O)[C@@]2(OC)c3c(OC)cc(OC)cc3O[C@@]2(c2ccc(OC)cc2)[C@@H]1c1ccccc1. The fraction of sp³-hybridized carbons (Fsp3) is 0.345. The van der Waals surface area contributed by atoms with E-state index in [-0.39, 0.29) is 5.91 Å². The average molecular weight is 506 g/mol. The van der Waals surface area contributed by atoms with E-state index in [0.29, 0.717) is 34.1 Å². The predicted octanol–water partition coefficient (Wildman–Crippen LogP) is 3.36. The highest BCUT2D eigenvalue weighted by molar-refractivity contribution is 5.83. The minimum absolute atomic E-state index is 0.322. The van der Waals surface area contributed by atoms with Crippen LogP contribution in [0, 0.1) is 5.92 Å². The number of hydrogen-bond donors (Lipinski definition) is 2. The number of benzene rings is 3. The molecule has 3 aromatic carbocycles. The van der Waals surface area contributed by atoms with Gasteiger partial charge in [-0.05, 0) is 23.3 Å². The molecule has 2 N–H and O–H groups in total. The van der Waals surface area contributed by atoms with Gasteiger partial charge in [-0.1, -0.05) is 42.5 Å². The van der Waals surface area contributed by atoms with Crippen LogP contribution >= 0.6 is 0 Å². The van der Waals surface area contributed by atoms with Crippen LogP contribution in [-0.4, -0.2) is 52.6 Å². The highest BCUT2D eigenvalue weighted by Gasteiger charge is 2.79. The number of carbonyl (C=O) groups is 1. The third-order valence-electron chi connectivity index (χ3n) is 7.79. The quantitative estimate of drug-likeness (QED) is 0.508. The lowest BCUT2D eigenvalue weighted by atomic mass is 9.70. The molecule has 1 fully saturated rings. The third kappa shape index (κ3) is 3.25. The van der Waals surface area contributed by atoms with Crippen molar-refractivity contribution in [3.8, 4) is 23.0 Å². The summed E-state index contributed by atoms with van der Waals surface area (Å²) >= 11 is 0. The number of methoxy groups -OCH3 is 4. The summed E-state index contributed by atoms with van der Waals surface area (Å²) in [5, 5.41) is 14.9. The molecule has 1 amide bonds. The van der Waals surface area contributed by atoms with Crippen LogP contribution in [0.3, 0.4) is 0 Å². The molecular formula is C29H31NO7. The van der Waals surface area contributed by atoms with E-state index in [2.05, 4.69) is 5.32 Å². The largest absolute Gasteiger partial charge is 0.497 e. The zero-order chi connectivity index (χ0) is 26.4. The van der Waals surface area contributed by atoms with Gasteiger partial charge in [0.1, 0.15) is 29.1 Å². The van der Waals surface area contributed by atoms with Crippen molar-refractivity contribution in [2.45, 2.75) is 23.2 Å². The van der Waals surface area contributed by atoms with Gasteiger partial charge in [0.25, 0.3) is 0 Å². The Bertz CT molecular complexity index is 1300. The monoisotopic (exact) mass is 505 g/mol. The maximum absolute atomic E-state index is 13.5. The first-order valence-corrected chi connectivity index (χ1v) is 12.0. The lowest BCUT2D eigenvalue weighted by Crippen LogP contribution is -2.53. The van der Waals surface area contributed by atoms with Gasteiger partial charge in [-0.3, -0.25) is 4.79 Å². The summed E-state index contributed by atoms with van der Waals surface area (Å²) in [7, 11) is 7.78. The lowest BCUT2D eigenvalue weighted by molar-refractivity contribution is -0.173. The van der Waals surface area contributed by atoms with E-state index in [9.17, 15) is 9.90 Å². The van der Waals surface area contributed by atoms with Crippen LogP contribution < -0.4 is 24.3 Å². The summed E-state index contributed by atoms with van der Waals surface area (Å²) in [5.74, 6) is 0.197. The van der Waals surface area contributed by atoms with Crippen LogP contribution in [0.2, 0.25) is 0 Å². The van der Waals surface area contributed by atoms with Crippen molar-refractivity contribution in [1.29, 1.82) is 0 Å². The highest BCUT2D eigenvalue weighted by atomic mass is 16.6. The molecule has 0 unspecified atom stereocenters. The second kappa shape index (κ2) is 9.28. The van der Waals surface area contributed by atoms with E-state index in [1.54, 1.807) is 33.4 Å². The number of ether oxygens (including phenoxy) is 5. The number of amides is 1. The van der Waals surface area contributed by atoms with Crippen LogP contribution in [0.5, 0.6) is 23.0 Å². The van der Waals surface area contributed by atoms with Gasteiger partial charge in [0.05, 0.1) is 32.8 Å². The molecule has 1 saturated carbocycles. The van der Waals surface area contributed by atoms with E-state index < -0.39 is 29.1 Å². The van der Waals surface area contributed by atoms with Crippen LogP contribution in [0.1, 0.15) is 22.6 Å². The van der Waals surface area contributed by atoms with Gasteiger partial charge in [0.15, 0.2) is 11.2 Å². The van der Waals surface area contributed by atoms with E-state index in [4.69, 9.17) is 23.7 Å². The molecule has 0 saturated heterocycles. The molecule has 0 bridgehead atoms. The zero-order valence-electron chi connectivity index (χ0n) is 21.5. The van der Waals surface area contributed by atoms with Crippen molar-refractivity contribution in [1.82, 2.24) is 5.32 Å². The minimum atomic E-state index is -1.51. The van der Waals surface area contributed by atoms with Crippen molar-refractivity contribution in [2.24, 2.45) is 5.92 Å². The zero-order valence-corrected chi connectivity index (χ0v) is 21.5. The molecule has 1 aliphatic carbocycles. The van der Waals surface area contributed by atoms with Gasteiger partial charge in [-0.15, -0.1) is 0 Å². The molecule has 194 valence electrons. The molecule has 0 spiro atoms. The van der Waals surface area contributed by atoms with Crippen LogP contribution in [0.25, 0.3) is 0 Å². The van der Waals surface area contributed by atoms with Crippen molar-refractivity contribution in [2.75, 3.05) is 35.5 Å². The first-order valence-electron chi connectivity index (χ1n) is 12.0. The number of fused-ring (bicyclic) bond motifs is 3. The summed E-state index contributed by atoms with van der Waals surface area (Å²) < 4.78 is 30.0. The van der Waals surface area contributed by atoms with Crippen LogP contribution in [0.4, 0.5) is 0 Å². The molecule has 5 atom stereocenters. The number of carbonyl (C=O) groups excluding carboxylic acids is 1. The molecule has 3 aromatic rings. The Morgan fingerprint density at radius 1 is 0.919 bits per heavy atom. The summed E-state index contributed by atoms with van der Waals surface area (Å²) in [6, 6.07) is 20.5. The van der Waals surface area contributed by atoms with Crippen LogP contribution in [-0.2, 0) is 20.7 Å². The number of hydrogen-bond acceptors (Lipinski definition) is 7. The standard InChI is InChI=1S/C29H31NO7/c1-30-27(32)23-24(17-9-7-6-8-10-17)28(18-11-13-19(33-2)14-12-18)29(36-5,26(23)31)25-21(35-4)15-20(34-3)16-22(25)37-28/h6-16,23-24,26,31H,1-5H3,(H,30,32)/t23-,24-,26-,28+,29+/m1/s1.